The number of benzene rings is 2. The number of likely N-dealkylation sites (N-methyl/N-ethyl adjacent to an activating group) is 1. The summed E-state index contributed by atoms with van der Waals surface area (Å²) in [5, 5.41) is 9.32. The van der Waals surface area contributed by atoms with Gasteiger partial charge < -0.3 is 24.4 Å². The summed E-state index contributed by atoms with van der Waals surface area (Å²) in [6.07, 6.45) is -4.68. The van der Waals surface area contributed by atoms with Crippen molar-refractivity contribution in [1.29, 1.82) is 0 Å². The number of carboxylic acids is 1. The lowest BCUT2D eigenvalue weighted by Crippen LogP contribution is -2.31. The van der Waals surface area contributed by atoms with Crippen LogP contribution >= 0.6 is 0 Å². The number of nitrogens with zero attached hydrogens (tertiary/aromatic N) is 2. The Bertz CT molecular complexity index is 1030. The van der Waals surface area contributed by atoms with Gasteiger partial charge >= 0.3 is 18.2 Å². The van der Waals surface area contributed by atoms with Crippen molar-refractivity contribution in [3.8, 4) is 5.75 Å². The lowest BCUT2D eigenvalue weighted by Gasteiger charge is -2.18. The number of carboxylic acid groups (broad SMARTS) is 1. The fourth-order valence-corrected chi connectivity index (χ4v) is 4.04. The number of aliphatic carboxylic acids is 1. The van der Waals surface area contributed by atoms with Crippen LogP contribution in [0.25, 0.3) is 0 Å². The number of halogens is 3. The Morgan fingerprint density at radius 3 is 2.25 bits per heavy atom. The molecule has 0 aromatic heterocycles. The summed E-state index contributed by atoms with van der Waals surface area (Å²) in [5.41, 5.74) is 0.728. The quantitative estimate of drug-likeness (QED) is 0.470. The van der Waals surface area contributed by atoms with Crippen LogP contribution in [-0.2, 0) is 28.7 Å². The highest BCUT2D eigenvalue weighted by Gasteiger charge is 2.35. The van der Waals surface area contributed by atoms with Crippen molar-refractivity contribution in [2.75, 3.05) is 20.2 Å². The normalized spacial score (nSPS) is 17.1. The zero-order chi connectivity index (χ0) is 26.5. The van der Waals surface area contributed by atoms with E-state index in [1.54, 1.807) is 55.0 Å². The van der Waals surface area contributed by atoms with E-state index >= 15 is 0 Å². The van der Waals surface area contributed by atoms with Crippen LogP contribution in [-0.4, -0.2) is 65.4 Å². The molecular weight excluding hydrogens is 477 g/mol. The minimum Gasteiger partial charge on any atom is -0.494 e. The molecule has 0 aliphatic carbocycles. The van der Waals surface area contributed by atoms with Crippen LogP contribution in [0, 0.1) is 0 Å². The summed E-state index contributed by atoms with van der Waals surface area (Å²) in [7, 11) is 1.70. The van der Waals surface area contributed by atoms with Crippen LogP contribution < -0.4 is 4.74 Å². The number of rotatable bonds is 11. The molecule has 7 nitrogen and oxygen atoms in total. The number of ether oxygens (including phenoxy) is 2. The molecule has 0 unspecified atom stereocenters. The molecule has 2 aromatic carbocycles. The Hall–Kier alpha value is -3.27. The summed E-state index contributed by atoms with van der Waals surface area (Å²) >= 11 is 0. The molecule has 36 heavy (non-hydrogen) atoms. The molecule has 196 valence electrons. The third kappa shape index (κ3) is 7.36. The SMILES string of the molecule is CC(C)O[C@@H](Cc1ccc(OCC[C@H]2CN(Cc3ccc(C(F)(F)F)cc3)C(=O)N2C)cc1)C(=O)O. The molecule has 1 fully saturated rings. The Kier molecular flexibility index (Phi) is 8.84. The lowest BCUT2D eigenvalue weighted by atomic mass is 10.1. The molecule has 1 aliphatic heterocycles. The predicted octanol–water partition coefficient (Wildman–Crippen LogP) is 4.83. The van der Waals surface area contributed by atoms with E-state index in [4.69, 9.17) is 9.47 Å². The fourth-order valence-electron chi connectivity index (χ4n) is 4.04. The number of carbonyl (C=O) groups excluding carboxylic acids is 1. The predicted molar refractivity (Wildman–Crippen MR) is 127 cm³/mol. The van der Waals surface area contributed by atoms with Gasteiger partial charge in [0, 0.05) is 33.0 Å². The van der Waals surface area contributed by atoms with Crippen molar-refractivity contribution >= 4 is 12.0 Å². The maximum absolute atomic E-state index is 12.8. The molecule has 0 radical (unpaired) electrons. The van der Waals surface area contributed by atoms with Crippen molar-refractivity contribution in [2.45, 2.75) is 57.7 Å². The first-order valence-electron chi connectivity index (χ1n) is 11.7. The Labute approximate surface area is 208 Å². The van der Waals surface area contributed by atoms with E-state index < -0.39 is 23.8 Å². The highest BCUT2D eigenvalue weighted by Crippen LogP contribution is 2.29. The van der Waals surface area contributed by atoms with Gasteiger partial charge in [0.15, 0.2) is 6.10 Å². The van der Waals surface area contributed by atoms with Gasteiger partial charge in [-0.15, -0.1) is 0 Å². The van der Waals surface area contributed by atoms with Gasteiger partial charge in [0.1, 0.15) is 5.75 Å². The van der Waals surface area contributed by atoms with E-state index in [-0.39, 0.29) is 31.1 Å². The highest BCUT2D eigenvalue weighted by molar-refractivity contribution is 5.77. The zero-order valence-electron chi connectivity index (χ0n) is 20.5. The largest absolute Gasteiger partial charge is 0.494 e. The smallest absolute Gasteiger partial charge is 0.416 e. The molecule has 1 saturated heterocycles. The van der Waals surface area contributed by atoms with E-state index in [9.17, 15) is 27.9 Å². The number of urea groups is 1. The van der Waals surface area contributed by atoms with Crippen LogP contribution in [0.3, 0.4) is 0 Å². The molecule has 2 aromatic rings. The lowest BCUT2D eigenvalue weighted by molar-refractivity contribution is -0.153. The first-order valence-corrected chi connectivity index (χ1v) is 11.7. The van der Waals surface area contributed by atoms with Gasteiger partial charge in [0.05, 0.1) is 24.3 Å². The fraction of sp³-hybridized carbons (Fsp3) is 0.462. The van der Waals surface area contributed by atoms with Crippen molar-refractivity contribution in [2.24, 2.45) is 0 Å². The zero-order valence-corrected chi connectivity index (χ0v) is 20.5. The maximum Gasteiger partial charge on any atom is 0.416 e. The molecule has 0 saturated carbocycles. The van der Waals surface area contributed by atoms with Gasteiger partial charge in [-0.05, 0) is 49.2 Å². The minimum atomic E-state index is -4.39. The molecule has 10 heteroatoms. The van der Waals surface area contributed by atoms with Crippen LogP contribution in [0.1, 0.15) is 37.0 Å². The van der Waals surface area contributed by atoms with Crippen molar-refractivity contribution in [3.05, 3.63) is 65.2 Å². The number of carbonyl (C=O) groups is 2. The van der Waals surface area contributed by atoms with Crippen molar-refractivity contribution in [3.63, 3.8) is 0 Å². The van der Waals surface area contributed by atoms with E-state index in [1.165, 1.54) is 12.1 Å². The summed E-state index contributed by atoms with van der Waals surface area (Å²) in [5.74, 6) is -0.379. The van der Waals surface area contributed by atoms with Crippen LogP contribution in [0.5, 0.6) is 5.75 Å². The van der Waals surface area contributed by atoms with E-state index in [2.05, 4.69) is 0 Å². The van der Waals surface area contributed by atoms with Gasteiger partial charge in [0.25, 0.3) is 0 Å². The molecule has 3 rings (SSSR count). The van der Waals surface area contributed by atoms with E-state index in [1.807, 2.05) is 0 Å². The monoisotopic (exact) mass is 508 g/mol. The Morgan fingerprint density at radius 2 is 1.69 bits per heavy atom. The average molecular weight is 509 g/mol. The third-order valence-electron chi connectivity index (χ3n) is 5.98. The Morgan fingerprint density at radius 1 is 1.08 bits per heavy atom. The number of amides is 2. The molecule has 0 bridgehead atoms. The molecule has 0 spiro atoms. The number of hydrogen-bond donors (Lipinski definition) is 1. The van der Waals surface area contributed by atoms with Crippen molar-refractivity contribution < 1.29 is 37.3 Å². The van der Waals surface area contributed by atoms with Gasteiger partial charge in [-0.2, -0.15) is 13.2 Å². The van der Waals surface area contributed by atoms with E-state index in [0.29, 0.717) is 30.9 Å². The number of hydrogen-bond acceptors (Lipinski definition) is 4. The maximum atomic E-state index is 12.8. The highest BCUT2D eigenvalue weighted by atomic mass is 19.4. The standard InChI is InChI=1S/C26H31F3N2O5/c1-17(2)36-23(24(32)33)14-18-6-10-22(11-7-18)35-13-12-21-16-31(25(34)30(21)3)15-19-4-8-20(9-5-19)26(27,28)29/h4-11,17,21,23H,12-16H2,1-3H3,(H,32,33)/t21-,23-/m0/s1. The Balaban J connectivity index is 1.48. The van der Waals surface area contributed by atoms with Gasteiger partial charge in [-0.25, -0.2) is 9.59 Å². The second kappa shape index (κ2) is 11.6. The van der Waals surface area contributed by atoms with Crippen LogP contribution in [0.2, 0.25) is 0 Å². The number of alkyl halides is 3. The summed E-state index contributed by atoms with van der Waals surface area (Å²) < 4.78 is 49.5. The van der Waals surface area contributed by atoms with Gasteiger partial charge in [-0.3, -0.25) is 0 Å². The minimum absolute atomic E-state index is 0.0873. The van der Waals surface area contributed by atoms with Crippen LogP contribution in [0.15, 0.2) is 48.5 Å². The molecular formula is C26H31F3N2O5. The van der Waals surface area contributed by atoms with Gasteiger partial charge in [0.2, 0.25) is 0 Å². The average Bonchev–Trinajstić information content (AvgIpc) is 3.07. The third-order valence-corrected chi connectivity index (χ3v) is 5.98. The molecule has 1 N–H and O–H groups in total. The first-order chi connectivity index (χ1) is 16.9. The summed E-state index contributed by atoms with van der Waals surface area (Å²) in [4.78, 5) is 27.2. The second-order valence-corrected chi connectivity index (χ2v) is 9.12. The molecule has 1 heterocycles. The first kappa shape index (κ1) is 27.3. The second-order valence-electron chi connectivity index (χ2n) is 9.12. The van der Waals surface area contributed by atoms with Gasteiger partial charge in [-0.1, -0.05) is 24.3 Å². The topological polar surface area (TPSA) is 79.3 Å². The van der Waals surface area contributed by atoms with Crippen LogP contribution in [0.4, 0.5) is 18.0 Å². The summed E-state index contributed by atoms with van der Waals surface area (Å²) in [6.45, 7) is 4.62. The molecule has 1 aliphatic rings. The van der Waals surface area contributed by atoms with Crippen molar-refractivity contribution in [1.82, 2.24) is 9.80 Å². The molecule has 2 atom stereocenters. The van der Waals surface area contributed by atoms with E-state index in [0.717, 1.165) is 17.7 Å². The molecule has 2 amide bonds. The summed E-state index contributed by atoms with van der Waals surface area (Å²) in [6, 6.07) is 11.7.